The molecule has 53 heavy (non-hydrogen) atoms. The quantitative estimate of drug-likeness (QED) is 0.0925. The molecule has 5 heterocycles. The van der Waals surface area contributed by atoms with Gasteiger partial charge in [-0.1, -0.05) is 0 Å². The molecule has 0 aliphatic carbocycles. The van der Waals surface area contributed by atoms with Gasteiger partial charge in [-0.3, -0.25) is 0 Å². The first kappa shape index (κ1) is 43.2. The molecule has 5 fully saturated rings. The maximum absolute atomic E-state index is 11.0. The maximum Gasteiger partial charge on any atom is 0.187 e. The van der Waals surface area contributed by atoms with Crippen LogP contribution in [-0.4, -0.2) is 250 Å². The molecule has 0 amide bonds. The third-order valence-corrected chi connectivity index (χ3v) is 9.90. The van der Waals surface area contributed by atoms with E-state index in [9.17, 15) is 76.6 Å². The highest BCUT2D eigenvalue weighted by Gasteiger charge is 2.55. The van der Waals surface area contributed by atoms with E-state index < -0.39 is 174 Å². The fourth-order valence-electron chi connectivity index (χ4n) is 6.70. The minimum absolute atomic E-state index is 0.520. The van der Waals surface area contributed by atoms with Crippen LogP contribution in [0.1, 0.15) is 6.92 Å². The van der Waals surface area contributed by atoms with Gasteiger partial charge in [0.1, 0.15) is 110 Å². The molecule has 0 aromatic heterocycles. The highest BCUT2D eigenvalue weighted by Crippen LogP contribution is 2.34. The third kappa shape index (κ3) is 8.81. The Hall–Kier alpha value is -0.960. The summed E-state index contributed by atoms with van der Waals surface area (Å²) < 4.78 is 49.1. The van der Waals surface area contributed by atoms with E-state index in [1.165, 1.54) is 6.92 Å². The molecule has 15 N–H and O–H groups in total. The Bertz CT molecular complexity index is 1140. The standard InChI is InChI=1S/C29H50O24/c1-6-22(14(36)17(39)25(44)46-6)51-26-18(40)12(34)10(5-45-26)50-27-20(42)15(37)23(8(3-31)48-27)53-29-21(43)16(38)24(9(4-32)49-29)52-28-19(41)13(35)11(33)7(2-30)47-28/h6-44H,2-5H2,1H3/t6-,7+,8-,9+,10+,11-,12-,13-,14-,15-,16+,17+,18-,19-,20-,21-,22-,23-,24+,25-,26-,27+,28-,29-/m0/s1. The number of aliphatic hydroxyl groups is 15. The summed E-state index contributed by atoms with van der Waals surface area (Å²) in [7, 11) is 0. The van der Waals surface area contributed by atoms with Crippen molar-refractivity contribution in [2.75, 3.05) is 26.4 Å². The van der Waals surface area contributed by atoms with Crippen molar-refractivity contribution in [3.05, 3.63) is 0 Å². The van der Waals surface area contributed by atoms with E-state index in [1.54, 1.807) is 0 Å². The van der Waals surface area contributed by atoms with Crippen LogP contribution in [0.25, 0.3) is 0 Å². The first-order valence-corrected chi connectivity index (χ1v) is 16.9. The van der Waals surface area contributed by atoms with Crippen LogP contribution in [0.5, 0.6) is 0 Å². The summed E-state index contributed by atoms with van der Waals surface area (Å²) in [4.78, 5) is 0. The summed E-state index contributed by atoms with van der Waals surface area (Å²) in [6.45, 7) is -1.71. The van der Waals surface area contributed by atoms with E-state index in [4.69, 9.17) is 42.6 Å². The molecule has 5 aliphatic rings. The van der Waals surface area contributed by atoms with Gasteiger partial charge in [0.2, 0.25) is 0 Å². The Morgan fingerprint density at radius 1 is 0.415 bits per heavy atom. The summed E-state index contributed by atoms with van der Waals surface area (Å²) in [6, 6.07) is 0. The predicted octanol–water partition coefficient (Wildman–Crippen LogP) is -10.3. The van der Waals surface area contributed by atoms with Gasteiger partial charge in [0.25, 0.3) is 0 Å². The summed E-state index contributed by atoms with van der Waals surface area (Å²) in [6.07, 6.45) is -40.8. The second-order valence-corrected chi connectivity index (χ2v) is 13.5. The molecule has 0 aromatic carbocycles. The lowest BCUT2D eigenvalue weighted by molar-refractivity contribution is -0.386. The first-order valence-electron chi connectivity index (χ1n) is 16.9. The van der Waals surface area contributed by atoms with Crippen LogP contribution in [0.4, 0.5) is 0 Å². The Morgan fingerprint density at radius 3 is 1.34 bits per heavy atom. The molecule has 5 saturated heterocycles. The minimum Gasteiger partial charge on any atom is -0.394 e. The second-order valence-electron chi connectivity index (χ2n) is 13.5. The van der Waals surface area contributed by atoms with Crippen molar-refractivity contribution in [1.82, 2.24) is 0 Å². The summed E-state index contributed by atoms with van der Waals surface area (Å²) in [5.74, 6) is 0. The van der Waals surface area contributed by atoms with Crippen molar-refractivity contribution in [3.8, 4) is 0 Å². The van der Waals surface area contributed by atoms with Gasteiger partial charge in [0, 0.05) is 0 Å². The van der Waals surface area contributed by atoms with Crippen molar-refractivity contribution in [2.24, 2.45) is 0 Å². The summed E-state index contributed by atoms with van der Waals surface area (Å²) in [5.41, 5.74) is 0. The van der Waals surface area contributed by atoms with E-state index in [2.05, 4.69) is 0 Å². The molecule has 0 spiro atoms. The number of hydrogen-bond acceptors (Lipinski definition) is 24. The van der Waals surface area contributed by atoms with E-state index in [0.29, 0.717) is 0 Å². The van der Waals surface area contributed by atoms with Gasteiger partial charge < -0.3 is 119 Å². The largest absolute Gasteiger partial charge is 0.394 e. The first-order chi connectivity index (χ1) is 25.0. The zero-order valence-corrected chi connectivity index (χ0v) is 28.1. The van der Waals surface area contributed by atoms with E-state index in [-0.39, 0.29) is 0 Å². The van der Waals surface area contributed by atoms with Crippen LogP contribution in [0, 0.1) is 0 Å². The smallest absolute Gasteiger partial charge is 0.187 e. The number of aliphatic hydroxyl groups excluding tert-OH is 15. The van der Waals surface area contributed by atoms with Crippen molar-refractivity contribution in [3.63, 3.8) is 0 Å². The summed E-state index contributed by atoms with van der Waals surface area (Å²) >= 11 is 0. The molecular formula is C29H50O24. The number of hydrogen-bond donors (Lipinski definition) is 15. The van der Waals surface area contributed by atoms with Crippen LogP contribution >= 0.6 is 0 Å². The van der Waals surface area contributed by atoms with Crippen LogP contribution in [-0.2, 0) is 42.6 Å². The predicted molar refractivity (Wildman–Crippen MR) is 159 cm³/mol. The van der Waals surface area contributed by atoms with Crippen LogP contribution in [0.15, 0.2) is 0 Å². The fraction of sp³-hybridized carbons (Fsp3) is 1.00. The average Bonchev–Trinajstić information content (AvgIpc) is 3.14. The zero-order chi connectivity index (χ0) is 39.0. The Morgan fingerprint density at radius 2 is 0.830 bits per heavy atom. The Kier molecular flexibility index (Phi) is 14.7. The highest BCUT2D eigenvalue weighted by atomic mass is 16.8. The lowest BCUT2D eigenvalue weighted by atomic mass is 9.96. The molecule has 5 rings (SSSR count). The van der Waals surface area contributed by atoms with Crippen molar-refractivity contribution in [1.29, 1.82) is 0 Å². The second kappa shape index (κ2) is 18.1. The van der Waals surface area contributed by atoms with Gasteiger partial charge in [-0.25, -0.2) is 0 Å². The highest BCUT2D eigenvalue weighted by molar-refractivity contribution is 4.97. The van der Waals surface area contributed by atoms with Crippen molar-refractivity contribution in [2.45, 2.75) is 154 Å². The van der Waals surface area contributed by atoms with Crippen LogP contribution in [0.3, 0.4) is 0 Å². The molecule has 5 aliphatic heterocycles. The van der Waals surface area contributed by atoms with E-state index in [0.717, 1.165) is 0 Å². The monoisotopic (exact) mass is 782 g/mol. The molecular weight excluding hydrogens is 732 g/mol. The van der Waals surface area contributed by atoms with Crippen molar-refractivity contribution >= 4 is 0 Å². The molecule has 24 nitrogen and oxygen atoms in total. The van der Waals surface area contributed by atoms with Crippen LogP contribution in [0.2, 0.25) is 0 Å². The lowest BCUT2D eigenvalue weighted by Gasteiger charge is -2.48. The van der Waals surface area contributed by atoms with Crippen LogP contribution < -0.4 is 0 Å². The Balaban J connectivity index is 1.18. The SMILES string of the molecule is C[C@@H]1O[C@H](O)[C@H](O)[C@H](O)[C@H]1O[C@@H]1OC[C@@H](O[C@H]2O[C@@H](CO)[C@H](O[C@@H]3O[C@H](CO)[C@@H](O[C@@H]4O[C@H](CO)[C@H](O)[C@H](O)[C@@H]4O)[C@H](O)[C@@H]3O)[C@@H](O)[C@@H]2O)[C@H](O)[C@@H]1O. The molecule has 0 saturated carbocycles. The van der Waals surface area contributed by atoms with E-state index in [1.807, 2.05) is 0 Å². The molecule has 0 unspecified atom stereocenters. The van der Waals surface area contributed by atoms with Gasteiger partial charge in [-0.2, -0.15) is 0 Å². The van der Waals surface area contributed by atoms with Gasteiger partial charge in [-0.05, 0) is 6.92 Å². The molecule has 0 bridgehead atoms. The zero-order valence-electron chi connectivity index (χ0n) is 28.1. The maximum atomic E-state index is 11.0. The van der Waals surface area contributed by atoms with Gasteiger partial charge in [-0.15, -0.1) is 0 Å². The minimum atomic E-state index is -2.03. The van der Waals surface area contributed by atoms with E-state index >= 15 is 0 Å². The molecule has 310 valence electrons. The van der Waals surface area contributed by atoms with Gasteiger partial charge in [0.15, 0.2) is 31.5 Å². The molecule has 0 radical (unpaired) electrons. The Labute approximate surface area is 300 Å². The average molecular weight is 783 g/mol. The van der Waals surface area contributed by atoms with Gasteiger partial charge in [0.05, 0.1) is 32.5 Å². The third-order valence-electron chi connectivity index (χ3n) is 9.90. The normalized spacial score (nSPS) is 54.1. The molecule has 24 heteroatoms. The summed E-state index contributed by atoms with van der Waals surface area (Å²) in [5, 5.41) is 155. The number of rotatable bonds is 11. The number of ether oxygens (including phenoxy) is 9. The molecule has 0 aromatic rings. The van der Waals surface area contributed by atoms with Gasteiger partial charge >= 0.3 is 0 Å². The lowest BCUT2D eigenvalue weighted by Crippen LogP contribution is -2.67. The topological polar surface area (TPSA) is 387 Å². The fourth-order valence-corrected chi connectivity index (χ4v) is 6.70. The van der Waals surface area contributed by atoms with Crippen molar-refractivity contribution < 1.29 is 119 Å². The molecule has 24 atom stereocenters.